The molecular weight excluding hydrogens is 750 g/mol. The Morgan fingerprint density at radius 2 is 1.80 bits per heavy atom. The molecule has 2 heterocycles. The van der Waals surface area contributed by atoms with Crippen LogP contribution in [0, 0.1) is 40.1 Å². The van der Waals surface area contributed by atoms with Gasteiger partial charge in [0, 0.05) is 34.6 Å². The number of nitriles is 2. The first-order valence-electron chi connectivity index (χ1n) is 17.3. The first kappa shape index (κ1) is 41.4. The third kappa shape index (κ3) is 10.7. The lowest BCUT2D eigenvalue weighted by atomic mass is 9.89. The molecule has 0 spiro atoms. The van der Waals surface area contributed by atoms with Crippen molar-refractivity contribution >= 4 is 29.8 Å². The summed E-state index contributed by atoms with van der Waals surface area (Å²) in [6.07, 6.45) is 8.39. The van der Waals surface area contributed by atoms with Crippen LogP contribution in [0.1, 0.15) is 51.5 Å². The van der Waals surface area contributed by atoms with Gasteiger partial charge in [-0.2, -0.15) is 15.6 Å². The summed E-state index contributed by atoms with van der Waals surface area (Å²) >= 11 is 1.28. The van der Waals surface area contributed by atoms with Crippen LogP contribution in [-0.4, -0.2) is 70.3 Å². The molecule has 0 radical (unpaired) electrons. The number of rotatable bonds is 16. The smallest absolute Gasteiger partial charge is 0.339 e. The molecule has 1 N–H and O–H groups in total. The summed E-state index contributed by atoms with van der Waals surface area (Å²) in [5, 5.41) is 24.5. The number of hydrogen-bond donors (Lipinski definition) is 1. The minimum Gasteiger partial charge on any atom is -0.461 e. The Bertz CT molecular complexity index is 2150. The lowest BCUT2D eigenvalue weighted by Crippen LogP contribution is -2.47. The van der Waals surface area contributed by atoms with Gasteiger partial charge in [0.15, 0.2) is 11.9 Å². The minimum absolute atomic E-state index is 0.0793. The molecule has 0 amide bonds. The molecule has 3 aromatic carbocycles. The van der Waals surface area contributed by atoms with E-state index in [2.05, 4.69) is 15.4 Å². The molecule has 0 bridgehead atoms. The van der Waals surface area contributed by atoms with E-state index < -0.39 is 46.5 Å². The van der Waals surface area contributed by atoms with E-state index in [1.165, 1.54) is 71.6 Å². The van der Waals surface area contributed by atoms with Crippen LogP contribution in [0.4, 0.5) is 13.2 Å². The predicted molar refractivity (Wildman–Crippen MR) is 199 cm³/mol. The number of hydrogen-bond acceptors (Lipinski definition) is 12. The summed E-state index contributed by atoms with van der Waals surface area (Å²) in [5.74, 6) is -3.84. The largest absolute Gasteiger partial charge is 0.461 e. The number of allylic oxidation sites excluding steroid dienone is 2. The zero-order valence-corrected chi connectivity index (χ0v) is 31.2. The average Bonchev–Trinajstić information content (AvgIpc) is 3.71. The summed E-state index contributed by atoms with van der Waals surface area (Å²) < 4.78 is 69.4. The molecule has 56 heavy (non-hydrogen) atoms. The normalized spacial score (nSPS) is 17.2. The number of ether oxygens (including phenoxy) is 4. The maximum absolute atomic E-state index is 16.0. The van der Waals surface area contributed by atoms with Gasteiger partial charge in [0.1, 0.15) is 36.7 Å². The fourth-order valence-electron chi connectivity index (χ4n) is 5.77. The molecule has 2 atom stereocenters. The molecule has 4 aromatic rings. The number of halogens is 3. The van der Waals surface area contributed by atoms with Gasteiger partial charge in [-0.3, -0.25) is 4.79 Å². The molecule has 5 rings (SSSR count). The fraction of sp³-hybridized carbons (Fsp3) is 0.300. The molecule has 0 unspecified atom stereocenters. The number of esters is 2. The summed E-state index contributed by atoms with van der Waals surface area (Å²) in [4.78, 5) is 30.6. The van der Waals surface area contributed by atoms with Crippen LogP contribution in [-0.2, 0) is 42.5 Å². The number of carbonyl (C=O) groups is 2. The summed E-state index contributed by atoms with van der Waals surface area (Å²) in [6, 6.07) is 15.2. The lowest BCUT2D eigenvalue weighted by molar-refractivity contribution is -0.146. The average molecular weight is 787 g/mol. The summed E-state index contributed by atoms with van der Waals surface area (Å²) in [5.41, 5.74) is -1.24. The lowest BCUT2D eigenvalue weighted by Gasteiger charge is -2.40. The number of aromatic nitrogens is 3. The van der Waals surface area contributed by atoms with Crippen molar-refractivity contribution < 1.29 is 41.7 Å². The Morgan fingerprint density at radius 1 is 1.05 bits per heavy atom. The number of carbonyl (C=O) groups excluding carboxylic acids is 2. The highest BCUT2D eigenvalue weighted by Gasteiger charge is 2.47. The monoisotopic (exact) mass is 786 g/mol. The zero-order chi connectivity index (χ0) is 40.1. The molecule has 0 aliphatic carbocycles. The van der Waals surface area contributed by atoms with Gasteiger partial charge in [0.25, 0.3) is 0 Å². The number of nitrogens with one attached hydrogen (secondary N) is 1. The highest BCUT2D eigenvalue weighted by molar-refractivity contribution is 8.00. The van der Waals surface area contributed by atoms with Gasteiger partial charge in [-0.25, -0.2) is 27.6 Å². The van der Waals surface area contributed by atoms with Crippen molar-refractivity contribution in [1.29, 1.82) is 10.5 Å². The van der Waals surface area contributed by atoms with E-state index in [4.69, 9.17) is 24.2 Å². The van der Waals surface area contributed by atoms with Crippen LogP contribution in [0.3, 0.4) is 0 Å². The van der Waals surface area contributed by atoms with Crippen molar-refractivity contribution in [3.63, 3.8) is 0 Å². The second-order valence-electron chi connectivity index (χ2n) is 12.5. The SMILES string of the molecule is CNCCC(=O)OCc1ccc(C#N)cc1C(=O)O[C@@](Cn1cncn1)(c1ccc(F)cc1F)[C@@H](C)S[C@H]1CO[C@H](/C=C/C=C/c2ccc(C#N)cc2F)OC1. The Kier molecular flexibility index (Phi) is 14.6. The standard InChI is InChI=1S/C40H37F3N6O6S/c1-26(56-32-21-53-38(54-22-32)6-4-3-5-29-9-7-28(19-45)16-35(29)42)40(23-49-25-47-24-48-49,34-12-11-31(41)17-36(34)43)55-39(51)33-15-27(18-44)8-10-30(33)20-52-37(50)13-14-46-2/h3-12,15-17,24-26,32,38,46H,13-14,20-23H2,1-2H3/b5-3+,6-4+/t26-,32-,38-,40-/m1/s1. The maximum Gasteiger partial charge on any atom is 0.339 e. The molecule has 1 fully saturated rings. The molecule has 1 aliphatic rings. The third-order valence-electron chi connectivity index (χ3n) is 8.68. The van der Waals surface area contributed by atoms with Gasteiger partial charge < -0.3 is 24.3 Å². The van der Waals surface area contributed by atoms with E-state index in [9.17, 15) is 23.6 Å². The topological polar surface area (TPSA) is 161 Å². The zero-order valence-electron chi connectivity index (χ0n) is 30.4. The van der Waals surface area contributed by atoms with Gasteiger partial charge in [-0.1, -0.05) is 30.4 Å². The molecule has 1 aliphatic heterocycles. The van der Waals surface area contributed by atoms with Gasteiger partial charge in [0.05, 0.1) is 60.3 Å². The van der Waals surface area contributed by atoms with Crippen molar-refractivity contribution in [2.75, 3.05) is 26.8 Å². The highest BCUT2D eigenvalue weighted by atomic mass is 32.2. The van der Waals surface area contributed by atoms with Crippen LogP contribution >= 0.6 is 11.8 Å². The molecule has 12 nitrogen and oxygen atoms in total. The Labute approximate surface area is 325 Å². The number of thioether (sulfide) groups is 1. The second-order valence-corrected chi connectivity index (χ2v) is 14.2. The van der Waals surface area contributed by atoms with E-state index in [-0.39, 0.29) is 65.9 Å². The van der Waals surface area contributed by atoms with Crippen LogP contribution < -0.4 is 5.32 Å². The Morgan fingerprint density at radius 3 is 2.48 bits per heavy atom. The van der Waals surface area contributed by atoms with Crippen molar-refractivity contribution in [2.45, 2.75) is 48.9 Å². The van der Waals surface area contributed by atoms with Crippen molar-refractivity contribution in [1.82, 2.24) is 20.1 Å². The third-order valence-corrected chi connectivity index (χ3v) is 10.1. The van der Waals surface area contributed by atoms with Gasteiger partial charge in [-0.05, 0) is 56.4 Å². The summed E-state index contributed by atoms with van der Waals surface area (Å²) in [6.45, 7) is 1.87. The highest BCUT2D eigenvalue weighted by Crippen LogP contribution is 2.42. The quantitative estimate of drug-likeness (QED) is 0.105. The van der Waals surface area contributed by atoms with Gasteiger partial charge in [-0.15, -0.1) is 11.8 Å². The van der Waals surface area contributed by atoms with Crippen LogP contribution in [0.15, 0.2) is 85.5 Å². The Balaban J connectivity index is 1.39. The molecule has 1 aromatic heterocycles. The van der Waals surface area contributed by atoms with Crippen molar-refractivity contribution in [2.24, 2.45) is 0 Å². The van der Waals surface area contributed by atoms with E-state index in [1.807, 2.05) is 12.1 Å². The van der Waals surface area contributed by atoms with E-state index >= 15 is 4.39 Å². The second kappa shape index (κ2) is 19.7. The van der Waals surface area contributed by atoms with E-state index in [1.54, 1.807) is 32.2 Å². The van der Waals surface area contributed by atoms with Crippen LogP contribution in [0.25, 0.3) is 6.08 Å². The van der Waals surface area contributed by atoms with E-state index in [0.29, 0.717) is 18.2 Å². The van der Waals surface area contributed by atoms with Crippen LogP contribution in [0.5, 0.6) is 0 Å². The molecule has 290 valence electrons. The first-order chi connectivity index (χ1) is 27.0. The van der Waals surface area contributed by atoms with Crippen LogP contribution in [0.2, 0.25) is 0 Å². The van der Waals surface area contributed by atoms with Crippen molar-refractivity contribution in [3.05, 3.63) is 136 Å². The number of benzene rings is 3. The van der Waals surface area contributed by atoms with Gasteiger partial charge in [0.2, 0.25) is 0 Å². The Hall–Kier alpha value is -5.78. The maximum atomic E-state index is 16.0. The van der Waals surface area contributed by atoms with Gasteiger partial charge >= 0.3 is 11.9 Å². The molecule has 1 saturated heterocycles. The minimum atomic E-state index is -1.88. The predicted octanol–water partition coefficient (Wildman–Crippen LogP) is 5.98. The summed E-state index contributed by atoms with van der Waals surface area (Å²) in [7, 11) is 1.69. The molecule has 16 heteroatoms. The molecule has 0 saturated carbocycles. The van der Waals surface area contributed by atoms with Crippen molar-refractivity contribution in [3.8, 4) is 12.1 Å². The first-order valence-corrected chi connectivity index (χ1v) is 18.3. The fourth-order valence-corrected chi connectivity index (χ4v) is 7.13. The van der Waals surface area contributed by atoms with E-state index in [0.717, 1.165) is 12.1 Å². The molecular formula is C40H37F3N6O6S. The number of nitrogens with zero attached hydrogens (tertiary/aromatic N) is 5.